The maximum Gasteiger partial charge on any atom is 0.269 e. The average Bonchev–Trinajstić information content (AvgIpc) is 2.72. The number of halogens is 4. The third-order valence-electron chi connectivity index (χ3n) is 4.17. The summed E-state index contributed by atoms with van der Waals surface area (Å²) in [5.74, 6) is 0.757. The van der Waals surface area contributed by atoms with Crippen molar-refractivity contribution < 1.29 is 9.66 Å². The lowest BCUT2D eigenvalue weighted by Gasteiger charge is -2.11. The van der Waals surface area contributed by atoms with Gasteiger partial charge in [0.2, 0.25) is 0 Å². The molecule has 6 nitrogen and oxygen atoms in total. The third kappa shape index (κ3) is 6.67. The summed E-state index contributed by atoms with van der Waals surface area (Å²) in [7, 11) is 0. The molecule has 0 aliphatic carbocycles. The number of hydrogen-bond donors (Lipinski definition) is 1. The first-order chi connectivity index (χ1) is 14.8. The second kappa shape index (κ2) is 11.3. The maximum atomic E-state index is 10.8. The second-order valence-corrected chi connectivity index (χ2v) is 9.46. The minimum atomic E-state index is -0.422. The number of benzene rings is 3. The lowest BCUT2D eigenvalue weighted by molar-refractivity contribution is -0.384. The number of nitrogens with one attached hydrogen (secondary N) is 1. The Hall–Kier alpha value is -1.63. The van der Waals surface area contributed by atoms with E-state index in [2.05, 4.69) is 55.7 Å². The van der Waals surface area contributed by atoms with Crippen LogP contribution in [0.1, 0.15) is 16.7 Å². The first kappa shape index (κ1) is 24.0. The van der Waals surface area contributed by atoms with Gasteiger partial charge in [-0.1, -0.05) is 29.3 Å². The highest BCUT2D eigenvalue weighted by Crippen LogP contribution is 2.29. The first-order valence-electron chi connectivity index (χ1n) is 8.89. The Balaban J connectivity index is 1.61. The highest BCUT2D eigenvalue weighted by Gasteiger charge is 2.10. The maximum absolute atomic E-state index is 10.8. The summed E-state index contributed by atoms with van der Waals surface area (Å²) in [6.07, 6.45) is 1.72. The Morgan fingerprint density at radius 2 is 1.68 bits per heavy atom. The molecule has 160 valence electrons. The molecule has 0 radical (unpaired) electrons. The summed E-state index contributed by atoms with van der Waals surface area (Å²) >= 11 is 16.7. The molecule has 0 saturated heterocycles. The molecule has 0 spiro atoms. The van der Waals surface area contributed by atoms with Gasteiger partial charge in [-0.25, -0.2) is 0 Å². The Labute approximate surface area is 216 Å². The molecule has 3 rings (SSSR count). The lowest BCUT2D eigenvalue weighted by atomic mass is 10.2. The van der Waals surface area contributed by atoms with E-state index in [4.69, 9.17) is 27.9 Å². The van der Waals surface area contributed by atoms with Gasteiger partial charge in [-0.2, -0.15) is 5.10 Å². The average molecular weight is 682 g/mol. The van der Waals surface area contributed by atoms with Gasteiger partial charge in [0.25, 0.3) is 5.69 Å². The summed E-state index contributed by atoms with van der Waals surface area (Å²) in [6.45, 7) is 0.733. The predicted molar refractivity (Wildman–Crippen MR) is 140 cm³/mol. The number of hydrazone groups is 1. The summed E-state index contributed by atoms with van der Waals surface area (Å²) in [5, 5.41) is 16.2. The third-order valence-corrected chi connectivity index (χ3v) is 6.48. The van der Waals surface area contributed by atoms with Crippen molar-refractivity contribution in [1.82, 2.24) is 5.43 Å². The van der Waals surface area contributed by atoms with Crippen LogP contribution in [0.5, 0.6) is 5.75 Å². The Morgan fingerprint density at radius 3 is 2.26 bits per heavy atom. The zero-order valence-electron chi connectivity index (χ0n) is 15.8. The molecule has 0 unspecified atom stereocenters. The van der Waals surface area contributed by atoms with Gasteiger partial charge < -0.3 is 10.2 Å². The van der Waals surface area contributed by atoms with Gasteiger partial charge in [0.15, 0.2) is 0 Å². The van der Waals surface area contributed by atoms with Crippen LogP contribution in [0.4, 0.5) is 5.69 Å². The molecule has 0 aliphatic rings. The van der Waals surface area contributed by atoms with E-state index in [1.54, 1.807) is 36.5 Å². The quantitative estimate of drug-likeness (QED) is 0.123. The molecule has 0 atom stereocenters. The molecule has 0 saturated carbocycles. The molecule has 0 aromatic heterocycles. The van der Waals surface area contributed by atoms with Crippen LogP contribution in [0.2, 0.25) is 10.0 Å². The summed E-state index contributed by atoms with van der Waals surface area (Å²) < 4.78 is 7.81. The molecule has 0 bridgehead atoms. The van der Waals surface area contributed by atoms with Crippen molar-refractivity contribution in [2.45, 2.75) is 13.2 Å². The number of rotatable bonds is 8. The highest BCUT2D eigenvalue weighted by atomic mass is 127. The van der Waals surface area contributed by atoms with Gasteiger partial charge in [-0.3, -0.25) is 10.1 Å². The molecular formula is C21H15Cl2I2N3O3. The zero-order valence-corrected chi connectivity index (χ0v) is 21.6. The molecule has 10 heteroatoms. The molecule has 0 fully saturated rings. The largest absolute Gasteiger partial charge is 0.487 e. The van der Waals surface area contributed by atoms with Crippen molar-refractivity contribution in [1.29, 1.82) is 0 Å². The fraction of sp³-hybridized carbons (Fsp3) is 0.0952. The smallest absolute Gasteiger partial charge is 0.269 e. The molecule has 0 heterocycles. The molecule has 0 aliphatic heterocycles. The lowest BCUT2D eigenvalue weighted by Crippen LogP contribution is -2.07. The molecule has 3 aromatic rings. The van der Waals surface area contributed by atoms with E-state index < -0.39 is 4.92 Å². The molecule has 31 heavy (non-hydrogen) atoms. The van der Waals surface area contributed by atoms with Crippen LogP contribution < -0.4 is 10.2 Å². The van der Waals surface area contributed by atoms with Crippen molar-refractivity contribution in [2.75, 3.05) is 0 Å². The molecule has 0 amide bonds. The SMILES string of the molecule is O=[N+]([O-])c1ccc(COc2c(I)cc(/C=N/NCc3c(Cl)cccc3Cl)cc2I)cc1. The van der Waals surface area contributed by atoms with E-state index in [1.807, 2.05) is 12.1 Å². The number of hydrogen-bond acceptors (Lipinski definition) is 5. The van der Waals surface area contributed by atoms with Crippen LogP contribution in [0.25, 0.3) is 0 Å². The summed E-state index contributed by atoms with van der Waals surface area (Å²) in [4.78, 5) is 10.3. The fourth-order valence-corrected chi connectivity index (χ4v) is 5.27. The van der Waals surface area contributed by atoms with Crippen LogP contribution in [0, 0.1) is 17.3 Å². The van der Waals surface area contributed by atoms with Crippen LogP contribution in [-0.4, -0.2) is 11.1 Å². The number of ether oxygens (including phenoxy) is 1. The van der Waals surface area contributed by atoms with Crippen molar-refractivity contribution in [2.24, 2.45) is 5.10 Å². The number of nitro benzene ring substituents is 1. The number of nitro groups is 1. The molecule has 1 N–H and O–H groups in total. The summed E-state index contributed by atoms with van der Waals surface area (Å²) in [5.41, 5.74) is 5.58. The minimum Gasteiger partial charge on any atom is -0.487 e. The van der Waals surface area contributed by atoms with E-state index in [9.17, 15) is 10.1 Å². The minimum absolute atomic E-state index is 0.0574. The first-order valence-corrected chi connectivity index (χ1v) is 11.8. The van der Waals surface area contributed by atoms with Gasteiger partial charge in [0.05, 0.1) is 24.8 Å². The molecule has 3 aromatic carbocycles. The van der Waals surface area contributed by atoms with Crippen molar-refractivity contribution in [3.05, 3.63) is 98.6 Å². The standard InChI is InChI=1S/C21H15Cl2I2N3O3/c22-17-2-1-3-18(23)16(17)11-27-26-10-14-8-19(24)21(20(25)9-14)31-12-13-4-6-15(7-5-13)28(29)30/h1-10,27H,11-12H2/b26-10+. The van der Waals surface area contributed by atoms with Gasteiger partial charge in [0.1, 0.15) is 12.4 Å². The highest BCUT2D eigenvalue weighted by molar-refractivity contribution is 14.1. The van der Waals surface area contributed by atoms with Crippen LogP contribution in [-0.2, 0) is 13.2 Å². The number of non-ortho nitro benzene ring substituents is 1. The van der Waals surface area contributed by atoms with Gasteiger partial charge >= 0.3 is 0 Å². The topological polar surface area (TPSA) is 76.8 Å². The second-order valence-electron chi connectivity index (χ2n) is 6.32. The Morgan fingerprint density at radius 1 is 1.06 bits per heavy atom. The van der Waals surface area contributed by atoms with Crippen molar-refractivity contribution in [3.8, 4) is 5.75 Å². The van der Waals surface area contributed by atoms with Crippen LogP contribution in [0.3, 0.4) is 0 Å². The van der Waals surface area contributed by atoms with Gasteiger partial charge in [-0.15, -0.1) is 0 Å². The van der Waals surface area contributed by atoms with Crippen LogP contribution in [0.15, 0.2) is 59.7 Å². The van der Waals surface area contributed by atoms with Crippen molar-refractivity contribution >= 4 is 80.3 Å². The van der Waals surface area contributed by atoms with E-state index in [0.29, 0.717) is 23.2 Å². The van der Waals surface area contributed by atoms with Gasteiger partial charge in [0, 0.05) is 27.7 Å². The normalized spacial score (nSPS) is 11.0. The zero-order chi connectivity index (χ0) is 22.4. The van der Waals surface area contributed by atoms with Crippen LogP contribution >= 0.6 is 68.4 Å². The van der Waals surface area contributed by atoms with Gasteiger partial charge in [-0.05, 0) is 92.7 Å². The van der Waals surface area contributed by atoms with E-state index in [0.717, 1.165) is 29.6 Å². The summed E-state index contributed by atoms with van der Waals surface area (Å²) in [6, 6.07) is 15.6. The predicted octanol–water partition coefficient (Wildman–Crippen LogP) is 6.81. The molecular weight excluding hydrogens is 667 g/mol. The van der Waals surface area contributed by atoms with Crippen molar-refractivity contribution in [3.63, 3.8) is 0 Å². The Kier molecular flexibility index (Phi) is 8.76. The van der Waals surface area contributed by atoms with E-state index in [1.165, 1.54) is 12.1 Å². The number of nitrogens with zero attached hydrogens (tertiary/aromatic N) is 2. The Bertz CT molecular complexity index is 1080. The fourth-order valence-electron chi connectivity index (χ4n) is 2.61. The monoisotopic (exact) mass is 681 g/mol. The van der Waals surface area contributed by atoms with E-state index >= 15 is 0 Å². The van der Waals surface area contributed by atoms with E-state index in [-0.39, 0.29) is 5.69 Å².